The molecule has 0 radical (unpaired) electrons. The molecule has 0 spiro atoms. The van der Waals surface area contributed by atoms with Crippen LogP contribution in [0.1, 0.15) is 11.5 Å². The Kier molecular flexibility index (Phi) is 3.72. The van der Waals surface area contributed by atoms with E-state index in [1.165, 1.54) is 0 Å². The summed E-state index contributed by atoms with van der Waals surface area (Å²) in [5, 5.41) is 3.05. The molecule has 90 valence electrons. The highest BCUT2D eigenvalue weighted by Gasteiger charge is 2.01. The number of ether oxygens (including phenoxy) is 1. The van der Waals surface area contributed by atoms with Gasteiger partial charge < -0.3 is 14.6 Å². The predicted octanol–water partition coefficient (Wildman–Crippen LogP) is 1.11. The standard InChI is InChI=1S/C12H16N4O/c1-13-7-10-3-4-11(8-15-10)17-9-12-14-5-6-16(12)2/h3-6,8,13H,7,9H2,1-2H3. The molecule has 2 rings (SSSR count). The molecule has 0 aliphatic heterocycles. The summed E-state index contributed by atoms with van der Waals surface area (Å²) in [6.07, 6.45) is 5.38. The van der Waals surface area contributed by atoms with Crippen molar-refractivity contribution in [2.45, 2.75) is 13.2 Å². The second-order valence-corrected chi connectivity index (χ2v) is 3.76. The Balaban J connectivity index is 1.93. The monoisotopic (exact) mass is 232 g/mol. The van der Waals surface area contributed by atoms with Crippen LogP contribution in [-0.2, 0) is 20.2 Å². The van der Waals surface area contributed by atoms with Crippen LogP contribution in [0.5, 0.6) is 5.75 Å². The highest BCUT2D eigenvalue weighted by molar-refractivity contribution is 5.19. The number of hydrogen-bond acceptors (Lipinski definition) is 4. The molecule has 0 aliphatic rings. The van der Waals surface area contributed by atoms with Crippen LogP contribution in [0.4, 0.5) is 0 Å². The molecule has 2 heterocycles. The largest absolute Gasteiger partial charge is 0.484 e. The number of pyridine rings is 1. The number of aryl methyl sites for hydroxylation is 1. The van der Waals surface area contributed by atoms with E-state index in [0.29, 0.717) is 6.61 Å². The fourth-order valence-electron chi connectivity index (χ4n) is 1.47. The Hall–Kier alpha value is -1.88. The third-order valence-corrected chi connectivity index (χ3v) is 2.44. The van der Waals surface area contributed by atoms with Crippen molar-refractivity contribution < 1.29 is 4.74 Å². The van der Waals surface area contributed by atoms with E-state index in [1.807, 2.05) is 37.0 Å². The van der Waals surface area contributed by atoms with Crippen molar-refractivity contribution in [2.24, 2.45) is 7.05 Å². The zero-order valence-electron chi connectivity index (χ0n) is 10.1. The lowest BCUT2D eigenvalue weighted by Crippen LogP contribution is -2.07. The van der Waals surface area contributed by atoms with Crippen molar-refractivity contribution in [3.05, 3.63) is 42.2 Å². The normalized spacial score (nSPS) is 10.5. The molecule has 0 atom stereocenters. The minimum Gasteiger partial charge on any atom is -0.484 e. The minimum atomic E-state index is 0.455. The second kappa shape index (κ2) is 5.45. The molecule has 0 aromatic carbocycles. The Morgan fingerprint density at radius 3 is 2.82 bits per heavy atom. The van der Waals surface area contributed by atoms with E-state index in [0.717, 1.165) is 23.8 Å². The van der Waals surface area contributed by atoms with Gasteiger partial charge in [0.1, 0.15) is 18.2 Å². The zero-order chi connectivity index (χ0) is 12.1. The second-order valence-electron chi connectivity index (χ2n) is 3.76. The van der Waals surface area contributed by atoms with E-state index in [9.17, 15) is 0 Å². The van der Waals surface area contributed by atoms with Crippen molar-refractivity contribution in [2.75, 3.05) is 7.05 Å². The summed E-state index contributed by atoms with van der Waals surface area (Å²) in [4.78, 5) is 8.46. The van der Waals surface area contributed by atoms with E-state index in [2.05, 4.69) is 15.3 Å². The van der Waals surface area contributed by atoms with Crippen LogP contribution in [-0.4, -0.2) is 21.6 Å². The van der Waals surface area contributed by atoms with Crippen LogP contribution in [0.2, 0.25) is 0 Å². The Morgan fingerprint density at radius 2 is 2.24 bits per heavy atom. The fourth-order valence-corrected chi connectivity index (χ4v) is 1.47. The summed E-state index contributed by atoms with van der Waals surface area (Å²) in [7, 11) is 3.84. The molecule has 0 amide bonds. The number of nitrogens with zero attached hydrogens (tertiary/aromatic N) is 3. The van der Waals surface area contributed by atoms with Gasteiger partial charge >= 0.3 is 0 Å². The summed E-state index contributed by atoms with van der Waals surface area (Å²) in [6, 6.07) is 3.87. The quantitative estimate of drug-likeness (QED) is 0.839. The van der Waals surface area contributed by atoms with Crippen LogP contribution in [0, 0.1) is 0 Å². The number of aromatic nitrogens is 3. The maximum Gasteiger partial charge on any atom is 0.146 e. The SMILES string of the molecule is CNCc1ccc(OCc2nccn2C)cn1. The first-order chi connectivity index (χ1) is 8.29. The van der Waals surface area contributed by atoms with Gasteiger partial charge in [0, 0.05) is 26.0 Å². The molecule has 17 heavy (non-hydrogen) atoms. The molecule has 0 saturated heterocycles. The molecule has 1 N–H and O–H groups in total. The molecule has 2 aromatic rings. The average Bonchev–Trinajstić information content (AvgIpc) is 2.75. The molecule has 0 unspecified atom stereocenters. The van der Waals surface area contributed by atoms with Crippen LogP contribution in [0.15, 0.2) is 30.7 Å². The Labute approximate surface area is 100 Å². The number of hydrogen-bond donors (Lipinski definition) is 1. The van der Waals surface area contributed by atoms with Gasteiger partial charge in [-0.05, 0) is 19.2 Å². The minimum absolute atomic E-state index is 0.455. The lowest BCUT2D eigenvalue weighted by atomic mass is 10.3. The molecule has 5 nitrogen and oxygen atoms in total. The van der Waals surface area contributed by atoms with E-state index < -0.39 is 0 Å². The van der Waals surface area contributed by atoms with Gasteiger partial charge in [-0.15, -0.1) is 0 Å². The topological polar surface area (TPSA) is 52.0 Å². The lowest BCUT2D eigenvalue weighted by molar-refractivity contribution is 0.290. The third kappa shape index (κ3) is 3.04. The van der Waals surface area contributed by atoms with Gasteiger partial charge in [-0.2, -0.15) is 0 Å². The summed E-state index contributed by atoms with van der Waals surface area (Å²) < 4.78 is 7.53. The van der Waals surface area contributed by atoms with Crippen LogP contribution >= 0.6 is 0 Å². The molecule has 0 fully saturated rings. The van der Waals surface area contributed by atoms with E-state index in [4.69, 9.17) is 4.74 Å². The van der Waals surface area contributed by atoms with Crippen LogP contribution in [0.3, 0.4) is 0 Å². The van der Waals surface area contributed by atoms with Gasteiger partial charge in [0.05, 0.1) is 11.9 Å². The predicted molar refractivity (Wildman–Crippen MR) is 64.5 cm³/mol. The number of rotatable bonds is 5. The van der Waals surface area contributed by atoms with E-state index >= 15 is 0 Å². The number of imidazole rings is 1. The maximum atomic E-state index is 5.60. The summed E-state index contributed by atoms with van der Waals surface area (Å²) in [5.41, 5.74) is 0.997. The van der Waals surface area contributed by atoms with Crippen molar-refractivity contribution in [1.82, 2.24) is 19.9 Å². The number of nitrogens with one attached hydrogen (secondary N) is 1. The lowest BCUT2D eigenvalue weighted by Gasteiger charge is -2.06. The highest BCUT2D eigenvalue weighted by Crippen LogP contribution is 2.11. The van der Waals surface area contributed by atoms with Crippen molar-refractivity contribution >= 4 is 0 Å². The first kappa shape index (κ1) is 11.6. The average molecular weight is 232 g/mol. The van der Waals surface area contributed by atoms with E-state index in [-0.39, 0.29) is 0 Å². The van der Waals surface area contributed by atoms with Gasteiger partial charge in [-0.3, -0.25) is 4.98 Å². The van der Waals surface area contributed by atoms with Gasteiger partial charge in [0.2, 0.25) is 0 Å². The van der Waals surface area contributed by atoms with Crippen molar-refractivity contribution in [1.29, 1.82) is 0 Å². The first-order valence-electron chi connectivity index (χ1n) is 5.48. The maximum absolute atomic E-state index is 5.60. The molecule has 5 heteroatoms. The summed E-state index contributed by atoms with van der Waals surface area (Å²) in [5.74, 6) is 1.65. The third-order valence-electron chi connectivity index (χ3n) is 2.44. The molecule has 0 bridgehead atoms. The van der Waals surface area contributed by atoms with Crippen molar-refractivity contribution in [3.63, 3.8) is 0 Å². The molecule has 0 aliphatic carbocycles. The van der Waals surface area contributed by atoms with Gasteiger partial charge in [-0.25, -0.2) is 4.98 Å². The van der Waals surface area contributed by atoms with Crippen molar-refractivity contribution in [3.8, 4) is 5.75 Å². The van der Waals surface area contributed by atoms with E-state index in [1.54, 1.807) is 12.4 Å². The van der Waals surface area contributed by atoms with Gasteiger partial charge in [-0.1, -0.05) is 0 Å². The van der Waals surface area contributed by atoms with Crippen LogP contribution in [0.25, 0.3) is 0 Å². The Bertz CT molecular complexity index is 464. The molecule has 2 aromatic heterocycles. The Morgan fingerprint density at radius 1 is 1.35 bits per heavy atom. The molecule has 0 saturated carbocycles. The van der Waals surface area contributed by atoms with Crippen LogP contribution < -0.4 is 10.1 Å². The zero-order valence-corrected chi connectivity index (χ0v) is 10.1. The summed E-state index contributed by atoms with van der Waals surface area (Å²) in [6.45, 7) is 1.22. The smallest absolute Gasteiger partial charge is 0.146 e. The fraction of sp³-hybridized carbons (Fsp3) is 0.333. The first-order valence-corrected chi connectivity index (χ1v) is 5.48. The molecular formula is C12H16N4O. The highest BCUT2D eigenvalue weighted by atomic mass is 16.5. The van der Waals surface area contributed by atoms with Gasteiger partial charge in [0.25, 0.3) is 0 Å². The summed E-state index contributed by atoms with van der Waals surface area (Å²) >= 11 is 0. The molecular weight excluding hydrogens is 216 g/mol. The van der Waals surface area contributed by atoms with Gasteiger partial charge in [0.15, 0.2) is 0 Å².